The summed E-state index contributed by atoms with van der Waals surface area (Å²) in [5.41, 5.74) is 3.44. The first-order valence-electron chi connectivity index (χ1n) is 8.53. The fourth-order valence-corrected chi connectivity index (χ4v) is 4.63. The third-order valence-corrected chi connectivity index (χ3v) is 6.20. The van der Waals surface area contributed by atoms with Gasteiger partial charge in [0.25, 0.3) is 10.1 Å². The summed E-state index contributed by atoms with van der Waals surface area (Å²) in [6.07, 6.45) is 3.59. The largest absolute Gasteiger partial charge is 0.297 e. The maximum Gasteiger partial charge on any atom is 0.297 e. The molecule has 3 rings (SSSR count). The van der Waals surface area contributed by atoms with Gasteiger partial charge in [-0.3, -0.25) is 4.18 Å². The van der Waals surface area contributed by atoms with Crippen LogP contribution in [0, 0.1) is 13.8 Å². The molecule has 1 aliphatic carbocycles. The van der Waals surface area contributed by atoms with Gasteiger partial charge in [0.1, 0.15) is 0 Å². The van der Waals surface area contributed by atoms with E-state index < -0.39 is 10.1 Å². The zero-order valence-electron chi connectivity index (χ0n) is 14.2. The fourth-order valence-electron chi connectivity index (χ4n) is 3.49. The molecule has 24 heavy (non-hydrogen) atoms. The van der Waals surface area contributed by atoms with Crippen LogP contribution in [0.3, 0.4) is 0 Å². The number of rotatable bonds is 4. The Kier molecular flexibility index (Phi) is 5.07. The van der Waals surface area contributed by atoms with Crippen LogP contribution < -0.4 is 0 Å². The molecule has 128 valence electrons. The molecule has 1 fully saturated rings. The highest BCUT2D eigenvalue weighted by atomic mass is 32.2. The molecule has 0 aliphatic heterocycles. The minimum atomic E-state index is -3.73. The second-order valence-electron chi connectivity index (χ2n) is 6.65. The summed E-state index contributed by atoms with van der Waals surface area (Å²) < 4.78 is 31.0. The molecule has 3 nitrogen and oxygen atoms in total. The van der Waals surface area contributed by atoms with E-state index in [1.165, 1.54) is 11.1 Å². The zero-order chi connectivity index (χ0) is 17.2. The van der Waals surface area contributed by atoms with Crippen LogP contribution >= 0.6 is 0 Å². The van der Waals surface area contributed by atoms with Gasteiger partial charge in [0, 0.05) is 5.92 Å². The van der Waals surface area contributed by atoms with Crippen molar-refractivity contribution in [1.82, 2.24) is 0 Å². The van der Waals surface area contributed by atoms with Crippen molar-refractivity contribution in [3.05, 3.63) is 65.2 Å². The van der Waals surface area contributed by atoms with Gasteiger partial charge < -0.3 is 0 Å². The Morgan fingerprint density at radius 2 is 1.58 bits per heavy atom. The van der Waals surface area contributed by atoms with Crippen LogP contribution in [0.5, 0.6) is 0 Å². The standard InChI is InChI=1S/C20H24O3S/c1-15-11-13-17(14-12-15)24(21,22)23-20-10-6-5-9-19(20)18-8-4-3-7-16(18)2/h3-4,7-8,11-14,19-20H,5-6,9-10H2,1-2H3. The first kappa shape index (κ1) is 17.2. The third kappa shape index (κ3) is 3.70. The van der Waals surface area contributed by atoms with E-state index in [1.54, 1.807) is 24.3 Å². The Morgan fingerprint density at radius 3 is 2.29 bits per heavy atom. The molecule has 0 spiro atoms. The van der Waals surface area contributed by atoms with Crippen LogP contribution in [0.4, 0.5) is 0 Å². The maximum atomic E-state index is 12.7. The van der Waals surface area contributed by atoms with Crippen molar-refractivity contribution in [3.63, 3.8) is 0 Å². The Balaban J connectivity index is 1.86. The average molecular weight is 344 g/mol. The van der Waals surface area contributed by atoms with E-state index in [2.05, 4.69) is 19.1 Å². The minimum Gasteiger partial charge on any atom is -0.262 e. The molecule has 2 atom stereocenters. The van der Waals surface area contributed by atoms with E-state index in [-0.39, 0.29) is 16.9 Å². The summed E-state index contributed by atoms with van der Waals surface area (Å²) in [4.78, 5) is 0.238. The quantitative estimate of drug-likeness (QED) is 0.753. The van der Waals surface area contributed by atoms with E-state index in [9.17, 15) is 8.42 Å². The monoisotopic (exact) mass is 344 g/mol. The van der Waals surface area contributed by atoms with Crippen molar-refractivity contribution in [2.75, 3.05) is 0 Å². The van der Waals surface area contributed by atoms with Gasteiger partial charge in [-0.05, 0) is 49.9 Å². The lowest BCUT2D eigenvalue weighted by Crippen LogP contribution is -2.29. The van der Waals surface area contributed by atoms with Gasteiger partial charge in [0.2, 0.25) is 0 Å². The molecule has 0 aromatic heterocycles. The maximum absolute atomic E-state index is 12.7. The van der Waals surface area contributed by atoms with Crippen LogP contribution in [0.25, 0.3) is 0 Å². The van der Waals surface area contributed by atoms with Crippen molar-refractivity contribution in [2.45, 2.75) is 56.4 Å². The number of aryl methyl sites for hydroxylation is 2. The normalized spacial score (nSPS) is 21.6. The van der Waals surface area contributed by atoms with Crippen LogP contribution in [-0.2, 0) is 14.3 Å². The predicted octanol–water partition coefficient (Wildman–Crippen LogP) is 4.74. The summed E-state index contributed by atoms with van der Waals surface area (Å²) in [7, 11) is -3.73. The molecule has 1 saturated carbocycles. The Labute approximate surface area is 144 Å². The highest BCUT2D eigenvalue weighted by Crippen LogP contribution is 2.37. The van der Waals surface area contributed by atoms with Crippen LogP contribution in [0.15, 0.2) is 53.4 Å². The summed E-state index contributed by atoms with van der Waals surface area (Å²) in [6, 6.07) is 15.1. The molecule has 0 radical (unpaired) electrons. The zero-order valence-corrected chi connectivity index (χ0v) is 15.1. The molecule has 0 heterocycles. The molecular weight excluding hydrogens is 320 g/mol. The molecule has 0 amide bonds. The predicted molar refractivity (Wildman–Crippen MR) is 95.6 cm³/mol. The lowest BCUT2D eigenvalue weighted by molar-refractivity contribution is 0.137. The minimum absolute atomic E-state index is 0.139. The second-order valence-corrected chi connectivity index (χ2v) is 8.22. The van der Waals surface area contributed by atoms with Crippen LogP contribution in [-0.4, -0.2) is 14.5 Å². The average Bonchev–Trinajstić information content (AvgIpc) is 2.56. The van der Waals surface area contributed by atoms with E-state index in [0.29, 0.717) is 0 Å². The third-order valence-electron chi connectivity index (χ3n) is 4.85. The Hall–Kier alpha value is -1.65. The molecule has 2 aromatic carbocycles. The lowest BCUT2D eigenvalue weighted by Gasteiger charge is -2.32. The second kappa shape index (κ2) is 7.08. The first-order chi connectivity index (χ1) is 11.5. The van der Waals surface area contributed by atoms with Crippen molar-refractivity contribution >= 4 is 10.1 Å². The van der Waals surface area contributed by atoms with Gasteiger partial charge in [0.05, 0.1) is 11.0 Å². The highest BCUT2D eigenvalue weighted by molar-refractivity contribution is 7.86. The first-order valence-corrected chi connectivity index (χ1v) is 9.94. The molecular formula is C20H24O3S. The van der Waals surface area contributed by atoms with Gasteiger partial charge in [0.15, 0.2) is 0 Å². The SMILES string of the molecule is Cc1ccc(S(=O)(=O)OC2CCCCC2c2ccccc2C)cc1. The molecule has 1 aliphatic rings. The van der Waals surface area contributed by atoms with Crippen molar-refractivity contribution < 1.29 is 12.6 Å². The molecule has 4 heteroatoms. The molecule has 0 saturated heterocycles. The van der Waals surface area contributed by atoms with Crippen molar-refractivity contribution in [3.8, 4) is 0 Å². The van der Waals surface area contributed by atoms with Gasteiger partial charge in [-0.2, -0.15) is 8.42 Å². The Morgan fingerprint density at radius 1 is 0.917 bits per heavy atom. The fraction of sp³-hybridized carbons (Fsp3) is 0.400. The lowest BCUT2D eigenvalue weighted by atomic mass is 9.80. The van der Waals surface area contributed by atoms with Crippen LogP contribution in [0.2, 0.25) is 0 Å². The van der Waals surface area contributed by atoms with Gasteiger partial charge in [-0.25, -0.2) is 0 Å². The molecule has 2 unspecified atom stereocenters. The van der Waals surface area contributed by atoms with Gasteiger partial charge in [-0.15, -0.1) is 0 Å². The number of hydrogen-bond donors (Lipinski definition) is 0. The van der Waals surface area contributed by atoms with E-state index in [0.717, 1.165) is 31.2 Å². The van der Waals surface area contributed by atoms with Crippen LogP contribution in [0.1, 0.15) is 48.3 Å². The summed E-state index contributed by atoms with van der Waals surface area (Å²) in [6.45, 7) is 4.02. The Bertz CT molecular complexity index is 794. The summed E-state index contributed by atoms with van der Waals surface area (Å²) in [5, 5.41) is 0. The smallest absolute Gasteiger partial charge is 0.262 e. The van der Waals surface area contributed by atoms with E-state index in [1.807, 2.05) is 19.1 Å². The number of hydrogen-bond acceptors (Lipinski definition) is 3. The summed E-state index contributed by atoms with van der Waals surface area (Å²) >= 11 is 0. The van der Waals surface area contributed by atoms with Gasteiger partial charge >= 0.3 is 0 Å². The van der Waals surface area contributed by atoms with Crippen molar-refractivity contribution in [2.24, 2.45) is 0 Å². The molecule has 2 aromatic rings. The van der Waals surface area contributed by atoms with Crippen molar-refractivity contribution in [1.29, 1.82) is 0 Å². The van der Waals surface area contributed by atoms with E-state index in [4.69, 9.17) is 4.18 Å². The topological polar surface area (TPSA) is 43.4 Å². The molecule has 0 bridgehead atoms. The summed E-state index contributed by atoms with van der Waals surface area (Å²) in [5.74, 6) is 0.139. The highest BCUT2D eigenvalue weighted by Gasteiger charge is 2.32. The van der Waals surface area contributed by atoms with Gasteiger partial charge in [-0.1, -0.05) is 54.8 Å². The number of benzene rings is 2. The van der Waals surface area contributed by atoms with E-state index >= 15 is 0 Å². The molecule has 0 N–H and O–H groups in total.